The van der Waals surface area contributed by atoms with Gasteiger partial charge in [0.15, 0.2) is 0 Å². The summed E-state index contributed by atoms with van der Waals surface area (Å²) in [5.41, 5.74) is -1.12. The molecule has 94 valence electrons. The fourth-order valence-corrected chi connectivity index (χ4v) is 1.56. The van der Waals surface area contributed by atoms with Gasteiger partial charge >= 0.3 is 17.9 Å². The molecule has 1 aromatic carbocycles. The Morgan fingerprint density at radius 3 is 2.06 bits per heavy atom. The molecule has 6 nitrogen and oxygen atoms in total. The summed E-state index contributed by atoms with van der Waals surface area (Å²) in [4.78, 5) is 32.9. The molecule has 0 spiro atoms. The fourth-order valence-electron chi connectivity index (χ4n) is 1.56. The molecule has 0 fully saturated rings. The average molecular weight is 250 g/mol. The smallest absolute Gasteiger partial charge is 0.336 e. The highest BCUT2D eigenvalue weighted by atomic mass is 16.4. The number of aromatic carboxylic acids is 3. The van der Waals surface area contributed by atoms with E-state index in [2.05, 4.69) is 6.58 Å². The maximum atomic E-state index is 11.1. The summed E-state index contributed by atoms with van der Waals surface area (Å²) in [6.45, 7) is 3.42. The Labute approximate surface area is 102 Å². The second kappa shape index (κ2) is 5.13. The number of hydrogen-bond acceptors (Lipinski definition) is 3. The second-order valence-corrected chi connectivity index (χ2v) is 3.47. The van der Waals surface area contributed by atoms with Crippen LogP contribution in [0.4, 0.5) is 0 Å². The van der Waals surface area contributed by atoms with E-state index in [0.717, 1.165) is 12.1 Å². The van der Waals surface area contributed by atoms with Crippen molar-refractivity contribution < 1.29 is 29.7 Å². The zero-order valence-corrected chi connectivity index (χ0v) is 9.21. The van der Waals surface area contributed by atoms with Gasteiger partial charge in [0, 0.05) is 0 Å². The summed E-state index contributed by atoms with van der Waals surface area (Å²) < 4.78 is 0. The van der Waals surface area contributed by atoms with Crippen LogP contribution in [0.15, 0.2) is 24.8 Å². The van der Waals surface area contributed by atoms with Crippen molar-refractivity contribution in [3.63, 3.8) is 0 Å². The standard InChI is InChI=1S/C12H10O6/c1-2-3-6-4-7(10(13)14)5-8(11(15)16)9(6)12(17)18/h2,4-5H,1,3H2,(H,13,14)(H,15,16)(H,17,18). The Morgan fingerprint density at radius 2 is 1.67 bits per heavy atom. The molecular formula is C12H10O6. The molecule has 1 aromatic rings. The lowest BCUT2D eigenvalue weighted by atomic mass is 9.95. The zero-order chi connectivity index (χ0) is 13.9. The van der Waals surface area contributed by atoms with E-state index in [0.29, 0.717) is 0 Å². The molecule has 6 heteroatoms. The van der Waals surface area contributed by atoms with Gasteiger partial charge < -0.3 is 15.3 Å². The summed E-state index contributed by atoms with van der Waals surface area (Å²) in [6, 6.07) is 1.97. The van der Waals surface area contributed by atoms with Crippen LogP contribution in [0.1, 0.15) is 36.6 Å². The molecule has 0 aliphatic rings. The molecular weight excluding hydrogens is 240 g/mol. The summed E-state index contributed by atoms with van der Waals surface area (Å²) >= 11 is 0. The van der Waals surface area contributed by atoms with Gasteiger partial charge in [-0.1, -0.05) is 6.08 Å². The van der Waals surface area contributed by atoms with Crippen LogP contribution in [-0.4, -0.2) is 33.2 Å². The molecule has 0 saturated heterocycles. The van der Waals surface area contributed by atoms with Crippen LogP contribution in [-0.2, 0) is 6.42 Å². The van der Waals surface area contributed by atoms with Gasteiger partial charge in [-0.15, -0.1) is 6.58 Å². The van der Waals surface area contributed by atoms with Crippen molar-refractivity contribution >= 4 is 17.9 Å². The molecule has 18 heavy (non-hydrogen) atoms. The molecule has 0 aromatic heterocycles. The number of benzene rings is 1. The number of allylic oxidation sites excluding steroid dienone is 1. The number of carboxylic acid groups (broad SMARTS) is 3. The topological polar surface area (TPSA) is 112 Å². The highest BCUT2D eigenvalue weighted by Crippen LogP contribution is 2.19. The van der Waals surface area contributed by atoms with Crippen molar-refractivity contribution in [2.45, 2.75) is 6.42 Å². The molecule has 0 amide bonds. The number of carbonyl (C=O) groups is 3. The van der Waals surface area contributed by atoms with E-state index < -0.39 is 29.0 Å². The van der Waals surface area contributed by atoms with Crippen molar-refractivity contribution in [1.82, 2.24) is 0 Å². The Hall–Kier alpha value is -2.63. The van der Waals surface area contributed by atoms with Crippen molar-refractivity contribution in [2.75, 3.05) is 0 Å². The van der Waals surface area contributed by atoms with Crippen LogP contribution >= 0.6 is 0 Å². The lowest BCUT2D eigenvalue weighted by molar-refractivity contribution is 0.0648. The largest absolute Gasteiger partial charge is 0.478 e. The molecule has 1 rings (SSSR count). The first kappa shape index (κ1) is 13.4. The Kier molecular flexibility index (Phi) is 3.83. The Morgan fingerprint density at radius 1 is 1.06 bits per heavy atom. The highest BCUT2D eigenvalue weighted by molar-refractivity contribution is 6.05. The molecule has 0 saturated carbocycles. The van der Waals surface area contributed by atoms with Gasteiger partial charge in [-0.3, -0.25) is 0 Å². The number of carboxylic acids is 3. The van der Waals surface area contributed by atoms with Gasteiger partial charge in [0.25, 0.3) is 0 Å². The SMILES string of the molecule is C=CCc1cc(C(=O)O)cc(C(=O)O)c1C(=O)O. The molecule has 0 radical (unpaired) electrons. The fraction of sp³-hybridized carbons (Fsp3) is 0.0833. The average Bonchev–Trinajstić information content (AvgIpc) is 2.27. The predicted molar refractivity (Wildman–Crippen MR) is 61.2 cm³/mol. The quantitative estimate of drug-likeness (QED) is 0.683. The summed E-state index contributed by atoms with van der Waals surface area (Å²) in [7, 11) is 0. The van der Waals surface area contributed by atoms with Crippen LogP contribution in [0.25, 0.3) is 0 Å². The minimum Gasteiger partial charge on any atom is -0.478 e. The molecule has 0 aliphatic carbocycles. The summed E-state index contributed by atoms with van der Waals surface area (Å²) in [6.07, 6.45) is 1.45. The molecule has 0 unspecified atom stereocenters. The van der Waals surface area contributed by atoms with E-state index in [1.54, 1.807) is 0 Å². The minimum atomic E-state index is -1.49. The summed E-state index contributed by atoms with van der Waals surface area (Å²) in [5.74, 6) is -4.22. The van der Waals surface area contributed by atoms with E-state index in [1.165, 1.54) is 6.08 Å². The van der Waals surface area contributed by atoms with Gasteiger partial charge in [0.2, 0.25) is 0 Å². The minimum absolute atomic E-state index is 0.0725. The third kappa shape index (κ3) is 2.54. The van der Waals surface area contributed by atoms with Gasteiger partial charge in [-0.05, 0) is 24.1 Å². The van der Waals surface area contributed by atoms with E-state index in [-0.39, 0.29) is 17.5 Å². The first-order valence-electron chi connectivity index (χ1n) is 4.86. The van der Waals surface area contributed by atoms with Gasteiger partial charge in [-0.2, -0.15) is 0 Å². The highest BCUT2D eigenvalue weighted by Gasteiger charge is 2.22. The first-order chi connectivity index (χ1) is 8.38. The first-order valence-corrected chi connectivity index (χ1v) is 4.86. The molecule has 0 heterocycles. The molecule has 0 aliphatic heterocycles. The molecule has 3 N–H and O–H groups in total. The van der Waals surface area contributed by atoms with Crippen molar-refractivity contribution in [1.29, 1.82) is 0 Å². The van der Waals surface area contributed by atoms with Crippen LogP contribution in [0.3, 0.4) is 0 Å². The van der Waals surface area contributed by atoms with Gasteiger partial charge in [0.05, 0.1) is 16.7 Å². The van der Waals surface area contributed by atoms with Crippen molar-refractivity contribution in [2.24, 2.45) is 0 Å². The number of hydrogen-bond donors (Lipinski definition) is 3. The van der Waals surface area contributed by atoms with Crippen molar-refractivity contribution in [3.8, 4) is 0 Å². The van der Waals surface area contributed by atoms with E-state index >= 15 is 0 Å². The second-order valence-electron chi connectivity index (χ2n) is 3.47. The lowest BCUT2D eigenvalue weighted by Gasteiger charge is -2.09. The van der Waals surface area contributed by atoms with Gasteiger partial charge in [0.1, 0.15) is 0 Å². The monoisotopic (exact) mass is 250 g/mol. The zero-order valence-electron chi connectivity index (χ0n) is 9.21. The summed E-state index contributed by atoms with van der Waals surface area (Å²) in [5, 5.41) is 26.8. The van der Waals surface area contributed by atoms with Crippen molar-refractivity contribution in [3.05, 3.63) is 47.0 Å². The van der Waals surface area contributed by atoms with E-state index in [1.807, 2.05) is 0 Å². The number of rotatable bonds is 5. The molecule has 0 bridgehead atoms. The predicted octanol–water partition coefficient (Wildman–Crippen LogP) is 1.51. The van der Waals surface area contributed by atoms with Crippen LogP contribution in [0, 0.1) is 0 Å². The normalized spacial score (nSPS) is 9.78. The molecule has 0 atom stereocenters. The third-order valence-electron chi connectivity index (χ3n) is 2.28. The maximum absolute atomic E-state index is 11.1. The third-order valence-corrected chi connectivity index (χ3v) is 2.28. The van der Waals surface area contributed by atoms with Crippen LogP contribution in [0.5, 0.6) is 0 Å². The lowest BCUT2D eigenvalue weighted by Crippen LogP contribution is -2.14. The van der Waals surface area contributed by atoms with Crippen LogP contribution in [0.2, 0.25) is 0 Å². The Balaban J connectivity index is 3.64. The Bertz CT molecular complexity index is 544. The van der Waals surface area contributed by atoms with Gasteiger partial charge in [-0.25, -0.2) is 14.4 Å². The maximum Gasteiger partial charge on any atom is 0.336 e. The van der Waals surface area contributed by atoms with E-state index in [4.69, 9.17) is 15.3 Å². The van der Waals surface area contributed by atoms with Crippen LogP contribution < -0.4 is 0 Å². The van der Waals surface area contributed by atoms with E-state index in [9.17, 15) is 14.4 Å².